The molecular weight excluding hydrogens is 216 g/mol. The Kier molecular flexibility index (Phi) is 5.26. The highest BCUT2D eigenvalue weighted by Gasteiger charge is 2.03. The van der Waals surface area contributed by atoms with Gasteiger partial charge in [0.15, 0.2) is 0 Å². The third-order valence-electron chi connectivity index (χ3n) is 2.00. The second-order valence-electron chi connectivity index (χ2n) is 4.11. The smallest absolute Gasteiger partial charge is 0.320 e. The number of hydrogen-bond donors (Lipinski definition) is 3. The van der Waals surface area contributed by atoms with Crippen LogP contribution in [0.1, 0.15) is 27.2 Å². The lowest BCUT2D eigenvalue weighted by Gasteiger charge is -2.10. The quantitative estimate of drug-likeness (QED) is 0.735. The standard InChI is InChI=1S/C12H20N4O/c1-4-7-13-10-5-6-11(14-8-10)16-12(17)15-9(2)3/h5-6,8-9,13H,4,7H2,1-3H3,(H2,14,15,16,17). The monoisotopic (exact) mass is 236 g/mol. The van der Waals surface area contributed by atoms with Crippen LogP contribution < -0.4 is 16.0 Å². The lowest BCUT2D eigenvalue weighted by atomic mass is 10.3. The number of carbonyl (C=O) groups excluding carboxylic acids is 1. The van der Waals surface area contributed by atoms with Crippen molar-refractivity contribution < 1.29 is 4.79 Å². The van der Waals surface area contributed by atoms with Gasteiger partial charge in [0, 0.05) is 12.6 Å². The van der Waals surface area contributed by atoms with Gasteiger partial charge in [-0.25, -0.2) is 9.78 Å². The van der Waals surface area contributed by atoms with E-state index >= 15 is 0 Å². The lowest BCUT2D eigenvalue weighted by Crippen LogP contribution is -2.34. The molecule has 1 aromatic rings. The van der Waals surface area contributed by atoms with E-state index in [1.807, 2.05) is 19.9 Å². The van der Waals surface area contributed by atoms with Gasteiger partial charge < -0.3 is 10.6 Å². The van der Waals surface area contributed by atoms with E-state index in [0.29, 0.717) is 5.82 Å². The Hall–Kier alpha value is -1.78. The minimum absolute atomic E-state index is 0.112. The van der Waals surface area contributed by atoms with E-state index in [-0.39, 0.29) is 12.1 Å². The first-order chi connectivity index (χ1) is 8.11. The average molecular weight is 236 g/mol. The maximum Gasteiger partial charge on any atom is 0.320 e. The van der Waals surface area contributed by atoms with Gasteiger partial charge in [0.25, 0.3) is 0 Å². The molecule has 0 spiro atoms. The second kappa shape index (κ2) is 6.73. The molecule has 5 nitrogen and oxygen atoms in total. The average Bonchev–Trinajstić information content (AvgIpc) is 2.27. The van der Waals surface area contributed by atoms with Gasteiger partial charge in [-0.15, -0.1) is 0 Å². The van der Waals surface area contributed by atoms with Crippen LogP contribution in [-0.2, 0) is 0 Å². The van der Waals surface area contributed by atoms with Crippen molar-refractivity contribution in [2.45, 2.75) is 33.2 Å². The van der Waals surface area contributed by atoms with Crippen molar-refractivity contribution in [2.75, 3.05) is 17.2 Å². The van der Waals surface area contributed by atoms with E-state index in [0.717, 1.165) is 18.7 Å². The van der Waals surface area contributed by atoms with Gasteiger partial charge >= 0.3 is 6.03 Å². The van der Waals surface area contributed by atoms with Crippen LogP contribution in [0, 0.1) is 0 Å². The van der Waals surface area contributed by atoms with Gasteiger partial charge in [0.2, 0.25) is 0 Å². The summed E-state index contributed by atoms with van der Waals surface area (Å²) in [6.45, 7) is 6.84. The van der Waals surface area contributed by atoms with Crippen LogP contribution in [-0.4, -0.2) is 23.6 Å². The summed E-state index contributed by atoms with van der Waals surface area (Å²) in [7, 11) is 0. The third kappa shape index (κ3) is 5.19. The van der Waals surface area contributed by atoms with Crippen molar-refractivity contribution >= 4 is 17.5 Å². The van der Waals surface area contributed by atoms with Crippen LogP contribution in [0.5, 0.6) is 0 Å². The number of amides is 2. The summed E-state index contributed by atoms with van der Waals surface area (Å²) in [6.07, 6.45) is 2.78. The highest BCUT2D eigenvalue weighted by molar-refractivity contribution is 5.88. The normalized spacial score (nSPS) is 10.1. The number of rotatable bonds is 5. The van der Waals surface area contributed by atoms with Crippen LogP contribution in [0.25, 0.3) is 0 Å². The molecule has 0 aromatic carbocycles. The SMILES string of the molecule is CCCNc1ccc(NC(=O)NC(C)C)nc1. The van der Waals surface area contributed by atoms with E-state index < -0.39 is 0 Å². The fraction of sp³-hybridized carbons (Fsp3) is 0.500. The number of nitrogens with one attached hydrogen (secondary N) is 3. The molecule has 0 aliphatic heterocycles. The van der Waals surface area contributed by atoms with E-state index in [1.165, 1.54) is 0 Å². The molecule has 0 aliphatic rings. The van der Waals surface area contributed by atoms with Crippen molar-refractivity contribution in [3.63, 3.8) is 0 Å². The summed E-state index contributed by atoms with van der Waals surface area (Å²) >= 11 is 0. The van der Waals surface area contributed by atoms with Crippen LogP contribution in [0.15, 0.2) is 18.3 Å². The van der Waals surface area contributed by atoms with Gasteiger partial charge in [-0.3, -0.25) is 5.32 Å². The molecule has 0 radical (unpaired) electrons. The molecule has 0 atom stereocenters. The molecule has 0 aliphatic carbocycles. The topological polar surface area (TPSA) is 66.0 Å². The predicted molar refractivity (Wildman–Crippen MR) is 70.3 cm³/mol. The molecule has 94 valence electrons. The molecule has 2 amide bonds. The van der Waals surface area contributed by atoms with Crippen LogP contribution >= 0.6 is 0 Å². The van der Waals surface area contributed by atoms with Crippen LogP contribution in [0.4, 0.5) is 16.3 Å². The summed E-state index contributed by atoms with van der Waals surface area (Å²) in [5, 5.41) is 8.62. The van der Waals surface area contributed by atoms with E-state index in [9.17, 15) is 4.79 Å². The number of anilines is 2. The summed E-state index contributed by atoms with van der Waals surface area (Å²) in [6, 6.07) is 3.55. The van der Waals surface area contributed by atoms with Gasteiger partial charge in [0.05, 0.1) is 11.9 Å². The van der Waals surface area contributed by atoms with Crippen LogP contribution in [0.2, 0.25) is 0 Å². The molecule has 17 heavy (non-hydrogen) atoms. The number of aromatic nitrogens is 1. The molecule has 1 rings (SSSR count). The van der Waals surface area contributed by atoms with Crippen molar-refractivity contribution in [2.24, 2.45) is 0 Å². The number of urea groups is 1. The fourth-order valence-corrected chi connectivity index (χ4v) is 1.26. The first kappa shape index (κ1) is 13.3. The zero-order valence-electron chi connectivity index (χ0n) is 10.6. The van der Waals surface area contributed by atoms with Gasteiger partial charge in [-0.2, -0.15) is 0 Å². The molecule has 0 saturated heterocycles. The van der Waals surface area contributed by atoms with Crippen molar-refractivity contribution in [1.29, 1.82) is 0 Å². The van der Waals surface area contributed by atoms with Crippen molar-refractivity contribution in [3.8, 4) is 0 Å². The number of hydrogen-bond acceptors (Lipinski definition) is 3. The Morgan fingerprint density at radius 1 is 1.41 bits per heavy atom. The minimum atomic E-state index is -0.234. The molecule has 0 saturated carbocycles. The highest BCUT2D eigenvalue weighted by Crippen LogP contribution is 2.09. The van der Waals surface area contributed by atoms with Crippen molar-refractivity contribution in [3.05, 3.63) is 18.3 Å². The van der Waals surface area contributed by atoms with E-state index in [2.05, 4.69) is 27.9 Å². The molecular formula is C12H20N4O. The first-order valence-electron chi connectivity index (χ1n) is 5.89. The summed E-state index contributed by atoms with van der Waals surface area (Å²) in [5.74, 6) is 0.546. The Morgan fingerprint density at radius 3 is 2.71 bits per heavy atom. The van der Waals surface area contributed by atoms with Gasteiger partial charge in [-0.1, -0.05) is 6.92 Å². The van der Waals surface area contributed by atoms with Gasteiger partial charge in [-0.05, 0) is 32.4 Å². The molecule has 0 unspecified atom stereocenters. The molecule has 1 aromatic heterocycles. The molecule has 3 N–H and O–H groups in total. The predicted octanol–water partition coefficient (Wildman–Crippen LogP) is 2.43. The Bertz CT molecular complexity index is 348. The van der Waals surface area contributed by atoms with Gasteiger partial charge in [0.1, 0.15) is 5.82 Å². The Balaban J connectivity index is 2.47. The van der Waals surface area contributed by atoms with Crippen molar-refractivity contribution in [1.82, 2.24) is 10.3 Å². The Labute approximate surface area is 102 Å². The third-order valence-corrected chi connectivity index (χ3v) is 2.00. The van der Waals surface area contributed by atoms with E-state index in [4.69, 9.17) is 0 Å². The Morgan fingerprint density at radius 2 is 2.18 bits per heavy atom. The zero-order valence-corrected chi connectivity index (χ0v) is 10.6. The molecule has 0 bridgehead atoms. The zero-order chi connectivity index (χ0) is 12.7. The number of pyridine rings is 1. The minimum Gasteiger partial charge on any atom is -0.384 e. The lowest BCUT2D eigenvalue weighted by molar-refractivity contribution is 0.250. The summed E-state index contributed by atoms with van der Waals surface area (Å²) < 4.78 is 0. The van der Waals surface area contributed by atoms with E-state index in [1.54, 1.807) is 12.3 Å². The highest BCUT2D eigenvalue weighted by atomic mass is 16.2. The maximum absolute atomic E-state index is 11.4. The first-order valence-corrected chi connectivity index (χ1v) is 5.89. The summed E-state index contributed by atoms with van der Waals surface area (Å²) in [5.41, 5.74) is 0.960. The van der Waals surface area contributed by atoms with Crippen LogP contribution in [0.3, 0.4) is 0 Å². The largest absolute Gasteiger partial charge is 0.384 e. The summed E-state index contributed by atoms with van der Waals surface area (Å²) in [4.78, 5) is 15.5. The molecule has 1 heterocycles. The number of carbonyl (C=O) groups is 1. The second-order valence-corrected chi connectivity index (χ2v) is 4.11. The molecule has 0 fully saturated rings. The maximum atomic E-state index is 11.4. The molecule has 5 heteroatoms. The number of nitrogens with zero attached hydrogens (tertiary/aromatic N) is 1. The fourth-order valence-electron chi connectivity index (χ4n) is 1.26.